The van der Waals surface area contributed by atoms with Crippen LogP contribution in [-0.4, -0.2) is 24.2 Å². The number of benzene rings is 2. The molecule has 136 valence electrons. The maximum Gasteiger partial charge on any atom is 0.305 e. The van der Waals surface area contributed by atoms with Gasteiger partial charge in [-0.25, -0.2) is 0 Å². The molecule has 4 nitrogen and oxygen atoms in total. The van der Waals surface area contributed by atoms with Gasteiger partial charge < -0.3 is 14.5 Å². The Morgan fingerprint density at radius 3 is 2.58 bits per heavy atom. The normalized spacial score (nSPS) is 10.8. The van der Waals surface area contributed by atoms with E-state index in [1.54, 1.807) is 18.2 Å². The fraction of sp³-hybridized carbons (Fsp3) is 0.250. The molecule has 6 heteroatoms. The maximum absolute atomic E-state index is 11.8. The zero-order chi connectivity index (χ0) is 18.4. The van der Waals surface area contributed by atoms with E-state index in [2.05, 4.69) is 11.1 Å². The number of hydrogen-bond donors (Lipinski definition) is 1. The third-order valence-electron chi connectivity index (χ3n) is 4.01. The topological polar surface area (TPSA) is 51.3 Å². The van der Waals surface area contributed by atoms with E-state index in [9.17, 15) is 4.79 Å². The zero-order valence-electron chi connectivity index (χ0n) is 14.1. The monoisotopic (exact) mass is 391 g/mol. The Kier molecular flexibility index (Phi) is 6.42. The number of rotatable bonds is 8. The molecule has 0 saturated heterocycles. The number of aromatic amines is 1. The van der Waals surface area contributed by atoms with E-state index >= 15 is 0 Å². The molecular formula is C20H19Cl2NO3. The van der Waals surface area contributed by atoms with Crippen molar-refractivity contribution in [1.82, 2.24) is 4.98 Å². The van der Waals surface area contributed by atoms with Crippen molar-refractivity contribution in [2.24, 2.45) is 0 Å². The van der Waals surface area contributed by atoms with Gasteiger partial charge in [0.2, 0.25) is 0 Å². The Balaban J connectivity index is 1.37. The predicted octanol–water partition coefficient (Wildman–Crippen LogP) is 5.42. The zero-order valence-corrected chi connectivity index (χ0v) is 15.6. The molecule has 0 bridgehead atoms. The van der Waals surface area contributed by atoms with Gasteiger partial charge in [-0.05, 0) is 36.6 Å². The molecule has 0 spiro atoms. The van der Waals surface area contributed by atoms with Crippen LogP contribution in [0, 0.1) is 0 Å². The van der Waals surface area contributed by atoms with E-state index in [4.69, 9.17) is 32.7 Å². The molecule has 1 heterocycles. The number of halogens is 2. The van der Waals surface area contributed by atoms with Crippen LogP contribution < -0.4 is 4.74 Å². The van der Waals surface area contributed by atoms with E-state index in [0.717, 1.165) is 18.4 Å². The number of carbonyl (C=O) groups is 1. The van der Waals surface area contributed by atoms with Gasteiger partial charge in [0.15, 0.2) is 5.75 Å². The van der Waals surface area contributed by atoms with Gasteiger partial charge in [0, 0.05) is 23.5 Å². The smallest absolute Gasteiger partial charge is 0.305 e. The largest absolute Gasteiger partial charge is 0.487 e. The molecule has 0 radical (unpaired) electrons. The SMILES string of the molecule is O=C(CCCc1c[nH]c2ccccc12)OCCOc1c(Cl)cccc1Cl. The van der Waals surface area contributed by atoms with Crippen LogP contribution >= 0.6 is 23.2 Å². The van der Waals surface area contributed by atoms with E-state index in [-0.39, 0.29) is 19.2 Å². The summed E-state index contributed by atoms with van der Waals surface area (Å²) in [6, 6.07) is 13.3. The number of esters is 1. The second-order valence-electron chi connectivity index (χ2n) is 5.83. The van der Waals surface area contributed by atoms with Crippen LogP contribution in [0.15, 0.2) is 48.7 Å². The van der Waals surface area contributed by atoms with Crippen LogP contribution in [0.5, 0.6) is 5.75 Å². The lowest BCUT2D eigenvalue weighted by Crippen LogP contribution is -2.12. The molecule has 0 aliphatic carbocycles. The highest BCUT2D eigenvalue weighted by atomic mass is 35.5. The minimum absolute atomic E-state index is 0.160. The highest BCUT2D eigenvalue weighted by Crippen LogP contribution is 2.32. The molecule has 0 amide bonds. The number of para-hydroxylation sites is 2. The average molecular weight is 392 g/mol. The van der Waals surface area contributed by atoms with E-state index < -0.39 is 0 Å². The van der Waals surface area contributed by atoms with Crippen molar-refractivity contribution in [3.8, 4) is 5.75 Å². The predicted molar refractivity (Wildman–Crippen MR) is 104 cm³/mol. The summed E-state index contributed by atoms with van der Waals surface area (Å²) in [5.74, 6) is 0.171. The number of aryl methyl sites for hydroxylation is 1. The van der Waals surface area contributed by atoms with Crippen LogP contribution in [0.25, 0.3) is 10.9 Å². The third-order valence-corrected chi connectivity index (χ3v) is 4.61. The molecular weight excluding hydrogens is 373 g/mol. The third kappa shape index (κ3) is 4.71. The Bertz CT molecular complexity index is 871. The minimum Gasteiger partial charge on any atom is -0.487 e. The fourth-order valence-electron chi connectivity index (χ4n) is 2.75. The number of H-pyrrole nitrogens is 1. The molecule has 0 saturated carbocycles. The summed E-state index contributed by atoms with van der Waals surface area (Å²) in [6.45, 7) is 0.366. The lowest BCUT2D eigenvalue weighted by atomic mass is 10.1. The van der Waals surface area contributed by atoms with Crippen molar-refractivity contribution in [3.63, 3.8) is 0 Å². The van der Waals surface area contributed by atoms with Gasteiger partial charge in [0.1, 0.15) is 13.2 Å². The summed E-state index contributed by atoms with van der Waals surface area (Å²) in [7, 11) is 0. The summed E-state index contributed by atoms with van der Waals surface area (Å²) in [5, 5.41) is 2.07. The number of aromatic nitrogens is 1. The Hall–Kier alpha value is -2.17. The lowest BCUT2D eigenvalue weighted by Gasteiger charge is -2.10. The van der Waals surface area contributed by atoms with Gasteiger partial charge in [-0.15, -0.1) is 0 Å². The molecule has 26 heavy (non-hydrogen) atoms. The van der Waals surface area contributed by atoms with E-state index in [0.29, 0.717) is 22.2 Å². The summed E-state index contributed by atoms with van der Waals surface area (Å²) >= 11 is 12.0. The molecule has 0 aliphatic rings. The standard InChI is InChI=1S/C20H19Cl2NO3/c21-16-7-4-8-17(22)20(16)26-12-11-25-19(24)10-3-5-14-13-23-18-9-2-1-6-15(14)18/h1-2,4,6-9,13,23H,3,5,10-12H2. The van der Waals surface area contributed by atoms with E-state index in [1.807, 2.05) is 24.4 Å². The Labute approximate surface area is 162 Å². The van der Waals surface area contributed by atoms with Crippen molar-refractivity contribution in [2.75, 3.05) is 13.2 Å². The second-order valence-corrected chi connectivity index (χ2v) is 6.65. The highest BCUT2D eigenvalue weighted by molar-refractivity contribution is 6.37. The minimum atomic E-state index is -0.237. The molecule has 3 aromatic rings. The Morgan fingerprint density at radius 1 is 1.00 bits per heavy atom. The Morgan fingerprint density at radius 2 is 1.77 bits per heavy atom. The van der Waals surface area contributed by atoms with Crippen LogP contribution in [-0.2, 0) is 16.0 Å². The molecule has 0 aliphatic heterocycles. The van der Waals surface area contributed by atoms with Gasteiger partial charge in [-0.2, -0.15) is 0 Å². The number of carbonyl (C=O) groups excluding carboxylic acids is 1. The molecule has 0 fully saturated rings. The van der Waals surface area contributed by atoms with Gasteiger partial charge in [0.05, 0.1) is 10.0 Å². The number of nitrogens with one attached hydrogen (secondary N) is 1. The fourth-order valence-corrected chi connectivity index (χ4v) is 3.26. The quantitative estimate of drug-likeness (QED) is 0.411. The highest BCUT2D eigenvalue weighted by Gasteiger charge is 2.08. The van der Waals surface area contributed by atoms with Gasteiger partial charge in [0.25, 0.3) is 0 Å². The van der Waals surface area contributed by atoms with Crippen LogP contribution in [0.3, 0.4) is 0 Å². The van der Waals surface area contributed by atoms with Gasteiger partial charge >= 0.3 is 5.97 Å². The number of ether oxygens (including phenoxy) is 2. The molecule has 3 rings (SSSR count). The lowest BCUT2D eigenvalue weighted by molar-refractivity contribution is -0.144. The molecule has 0 atom stereocenters. The number of hydrogen-bond acceptors (Lipinski definition) is 3. The van der Waals surface area contributed by atoms with Crippen molar-refractivity contribution in [1.29, 1.82) is 0 Å². The molecule has 0 unspecified atom stereocenters. The molecule has 1 N–H and O–H groups in total. The number of fused-ring (bicyclic) bond motifs is 1. The summed E-state index contributed by atoms with van der Waals surface area (Å²) in [6.07, 6.45) is 3.92. The van der Waals surface area contributed by atoms with Gasteiger partial charge in [-0.3, -0.25) is 4.79 Å². The average Bonchev–Trinajstić information content (AvgIpc) is 3.04. The first-order valence-corrected chi connectivity index (χ1v) is 9.18. The van der Waals surface area contributed by atoms with Crippen molar-refractivity contribution >= 4 is 40.1 Å². The van der Waals surface area contributed by atoms with E-state index in [1.165, 1.54) is 10.9 Å². The first-order valence-electron chi connectivity index (χ1n) is 8.42. The second kappa shape index (κ2) is 8.97. The van der Waals surface area contributed by atoms with Crippen LogP contribution in [0.2, 0.25) is 10.0 Å². The first kappa shape index (κ1) is 18.6. The van der Waals surface area contributed by atoms with Crippen molar-refractivity contribution in [2.45, 2.75) is 19.3 Å². The van der Waals surface area contributed by atoms with Gasteiger partial charge in [-0.1, -0.05) is 47.5 Å². The summed E-state index contributed by atoms with van der Waals surface area (Å²) in [5.41, 5.74) is 2.32. The van der Waals surface area contributed by atoms with Crippen molar-refractivity contribution in [3.05, 3.63) is 64.3 Å². The summed E-state index contributed by atoms with van der Waals surface area (Å²) < 4.78 is 10.7. The van der Waals surface area contributed by atoms with Crippen LogP contribution in [0.1, 0.15) is 18.4 Å². The van der Waals surface area contributed by atoms with Crippen molar-refractivity contribution < 1.29 is 14.3 Å². The molecule has 2 aromatic carbocycles. The molecule has 1 aromatic heterocycles. The maximum atomic E-state index is 11.8. The van der Waals surface area contributed by atoms with Crippen LogP contribution in [0.4, 0.5) is 0 Å². The summed E-state index contributed by atoms with van der Waals surface area (Å²) in [4.78, 5) is 15.1. The first-order chi connectivity index (χ1) is 12.6.